The number of hydrogen-bond acceptors (Lipinski definition) is 3. The summed E-state index contributed by atoms with van der Waals surface area (Å²) in [4.78, 5) is 14.6. The molecule has 1 aromatic carbocycles. The van der Waals surface area contributed by atoms with Crippen molar-refractivity contribution in [2.24, 2.45) is 0 Å². The summed E-state index contributed by atoms with van der Waals surface area (Å²) in [6.07, 6.45) is 10.0. The van der Waals surface area contributed by atoms with Crippen LogP contribution in [0.25, 0.3) is 29.1 Å². The first-order valence-electron chi connectivity index (χ1n) is 6.69. The van der Waals surface area contributed by atoms with Gasteiger partial charge in [-0.1, -0.05) is 18.2 Å². The Morgan fingerprint density at radius 2 is 2.05 bits per heavy atom. The van der Waals surface area contributed by atoms with Gasteiger partial charge in [-0.2, -0.15) is 5.10 Å². The zero-order chi connectivity index (χ0) is 15.4. The van der Waals surface area contributed by atoms with Gasteiger partial charge >= 0.3 is 5.97 Å². The third kappa shape index (κ3) is 3.09. The van der Waals surface area contributed by atoms with Crippen LogP contribution >= 0.6 is 0 Å². The van der Waals surface area contributed by atoms with Gasteiger partial charge in [-0.3, -0.25) is 10.1 Å². The molecule has 0 spiro atoms. The second-order valence-electron chi connectivity index (χ2n) is 4.71. The zero-order valence-electron chi connectivity index (χ0n) is 11.6. The van der Waals surface area contributed by atoms with Crippen molar-refractivity contribution in [2.75, 3.05) is 0 Å². The van der Waals surface area contributed by atoms with Crippen molar-refractivity contribution in [2.45, 2.75) is 0 Å². The Bertz CT molecular complexity index is 864. The topological polar surface area (TPSA) is 78.9 Å². The number of aromatic amines is 1. The number of H-pyrrole nitrogens is 1. The van der Waals surface area contributed by atoms with E-state index in [0.29, 0.717) is 0 Å². The van der Waals surface area contributed by atoms with Crippen LogP contribution in [-0.2, 0) is 4.79 Å². The molecule has 5 heteroatoms. The Kier molecular flexibility index (Phi) is 3.78. The first-order chi connectivity index (χ1) is 10.7. The lowest BCUT2D eigenvalue weighted by Crippen LogP contribution is -1.85. The lowest BCUT2D eigenvalue weighted by Gasteiger charge is -1.95. The Balaban J connectivity index is 1.95. The van der Waals surface area contributed by atoms with Crippen LogP contribution in [0, 0.1) is 0 Å². The van der Waals surface area contributed by atoms with Crippen molar-refractivity contribution in [3.8, 4) is 0 Å². The van der Waals surface area contributed by atoms with Gasteiger partial charge in [0.1, 0.15) is 0 Å². The summed E-state index contributed by atoms with van der Waals surface area (Å²) >= 11 is 0. The van der Waals surface area contributed by atoms with E-state index in [4.69, 9.17) is 5.11 Å². The molecule has 22 heavy (non-hydrogen) atoms. The fraction of sp³-hybridized carbons (Fsp3) is 0. The third-order valence-corrected chi connectivity index (χ3v) is 3.15. The molecule has 2 N–H and O–H groups in total. The van der Waals surface area contributed by atoms with E-state index in [2.05, 4.69) is 15.2 Å². The van der Waals surface area contributed by atoms with E-state index in [1.165, 1.54) is 0 Å². The second kappa shape index (κ2) is 6.05. The highest BCUT2D eigenvalue weighted by Gasteiger charge is 2.03. The molecule has 0 fully saturated rings. The summed E-state index contributed by atoms with van der Waals surface area (Å²) < 4.78 is 0. The van der Waals surface area contributed by atoms with Gasteiger partial charge in [-0.05, 0) is 41.5 Å². The van der Waals surface area contributed by atoms with Crippen LogP contribution in [0.3, 0.4) is 0 Å². The lowest BCUT2D eigenvalue weighted by atomic mass is 10.1. The molecule has 3 aromatic rings. The van der Waals surface area contributed by atoms with Gasteiger partial charge in [-0.25, -0.2) is 4.79 Å². The molecule has 108 valence electrons. The van der Waals surface area contributed by atoms with E-state index < -0.39 is 5.97 Å². The SMILES string of the molecule is O=C(O)C=Cc1ccc2[nH]nc(C=Cc3cccnc3)c2c1. The second-order valence-corrected chi connectivity index (χ2v) is 4.71. The molecule has 0 aliphatic heterocycles. The van der Waals surface area contributed by atoms with Crippen LogP contribution in [0.5, 0.6) is 0 Å². The van der Waals surface area contributed by atoms with E-state index in [1.807, 2.05) is 42.5 Å². The first kappa shape index (κ1) is 13.8. The van der Waals surface area contributed by atoms with Crippen molar-refractivity contribution < 1.29 is 9.90 Å². The van der Waals surface area contributed by atoms with Gasteiger partial charge in [0.05, 0.1) is 11.2 Å². The number of aromatic nitrogens is 3. The molecule has 0 saturated carbocycles. The summed E-state index contributed by atoms with van der Waals surface area (Å²) in [5.41, 5.74) is 3.50. The zero-order valence-corrected chi connectivity index (χ0v) is 11.6. The number of carboxylic acids is 1. The average molecular weight is 291 g/mol. The summed E-state index contributed by atoms with van der Waals surface area (Å²) in [6, 6.07) is 9.46. The molecule has 0 atom stereocenters. The molecule has 2 heterocycles. The van der Waals surface area contributed by atoms with E-state index >= 15 is 0 Å². The molecule has 0 aliphatic rings. The Hall–Kier alpha value is -3.21. The predicted molar refractivity (Wildman–Crippen MR) is 85.9 cm³/mol. The molecular weight excluding hydrogens is 278 g/mol. The molecule has 2 aromatic heterocycles. The molecular formula is C17H13N3O2. The number of hydrogen-bond donors (Lipinski definition) is 2. The van der Waals surface area contributed by atoms with Gasteiger partial charge in [-0.15, -0.1) is 0 Å². The minimum Gasteiger partial charge on any atom is -0.478 e. The number of pyridine rings is 1. The van der Waals surface area contributed by atoms with Gasteiger partial charge in [0.2, 0.25) is 0 Å². The van der Waals surface area contributed by atoms with Crippen molar-refractivity contribution in [1.82, 2.24) is 15.2 Å². The fourth-order valence-corrected chi connectivity index (χ4v) is 2.10. The quantitative estimate of drug-likeness (QED) is 0.723. The highest BCUT2D eigenvalue weighted by Crippen LogP contribution is 2.20. The molecule has 0 amide bonds. The van der Waals surface area contributed by atoms with Crippen LogP contribution < -0.4 is 0 Å². The predicted octanol–water partition coefficient (Wildman–Crippen LogP) is 3.23. The Labute approximate surface area is 126 Å². The van der Waals surface area contributed by atoms with E-state index in [1.54, 1.807) is 18.5 Å². The number of nitrogens with one attached hydrogen (secondary N) is 1. The van der Waals surface area contributed by atoms with Crippen molar-refractivity contribution in [3.05, 3.63) is 65.6 Å². The van der Waals surface area contributed by atoms with E-state index in [-0.39, 0.29) is 0 Å². The van der Waals surface area contributed by atoms with Crippen molar-refractivity contribution in [1.29, 1.82) is 0 Å². The van der Waals surface area contributed by atoms with E-state index in [9.17, 15) is 4.79 Å². The maximum Gasteiger partial charge on any atom is 0.328 e. The first-order valence-corrected chi connectivity index (χ1v) is 6.69. The summed E-state index contributed by atoms with van der Waals surface area (Å²) in [7, 11) is 0. The number of fused-ring (bicyclic) bond motifs is 1. The lowest BCUT2D eigenvalue weighted by molar-refractivity contribution is -0.131. The Morgan fingerprint density at radius 3 is 2.82 bits per heavy atom. The number of benzene rings is 1. The average Bonchev–Trinajstić information content (AvgIpc) is 2.94. The maximum atomic E-state index is 10.6. The van der Waals surface area contributed by atoms with Gasteiger partial charge in [0, 0.05) is 23.9 Å². The molecule has 0 bridgehead atoms. The summed E-state index contributed by atoms with van der Waals surface area (Å²) in [5.74, 6) is -0.969. The minimum atomic E-state index is -0.969. The van der Waals surface area contributed by atoms with Crippen molar-refractivity contribution in [3.63, 3.8) is 0 Å². The number of nitrogens with zero attached hydrogens (tertiary/aromatic N) is 2. The highest BCUT2D eigenvalue weighted by atomic mass is 16.4. The smallest absolute Gasteiger partial charge is 0.328 e. The van der Waals surface area contributed by atoms with E-state index in [0.717, 1.165) is 33.8 Å². The van der Waals surface area contributed by atoms with Gasteiger partial charge in [0.25, 0.3) is 0 Å². The summed E-state index contributed by atoms with van der Waals surface area (Å²) in [5, 5.41) is 16.9. The van der Waals surface area contributed by atoms with Crippen LogP contribution in [0.15, 0.2) is 48.8 Å². The van der Waals surface area contributed by atoms with Crippen LogP contribution in [0.2, 0.25) is 0 Å². The molecule has 0 saturated heterocycles. The van der Waals surface area contributed by atoms with Crippen LogP contribution in [0.4, 0.5) is 0 Å². The molecule has 0 radical (unpaired) electrons. The number of carboxylic acid groups (broad SMARTS) is 1. The van der Waals surface area contributed by atoms with Gasteiger partial charge in [0.15, 0.2) is 0 Å². The largest absolute Gasteiger partial charge is 0.478 e. The van der Waals surface area contributed by atoms with Crippen molar-refractivity contribution >= 4 is 35.1 Å². The summed E-state index contributed by atoms with van der Waals surface area (Å²) in [6.45, 7) is 0. The van der Waals surface area contributed by atoms with Gasteiger partial charge < -0.3 is 5.11 Å². The Morgan fingerprint density at radius 1 is 1.14 bits per heavy atom. The molecule has 0 aliphatic carbocycles. The highest BCUT2D eigenvalue weighted by molar-refractivity contribution is 5.92. The molecule has 3 rings (SSSR count). The monoisotopic (exact) mass is 291 g/mol. The van der Waals surface area contributed by atoms with Crippen LogP contribution in [-0.4, -0.2) is 26.3 Å². The molecule has 5 nitrogen and oxygen atoms in total. The third-order valence-electron chi connectivity index (χ3n) is 3.15. The standard InChI is InChI=1S/C17H13N3O2/c21-17(22)8-5-12-3-6-15-14(10-12)16(20-19-15)7-4-13-2-1-9-18-11-13/h1-11H,(H,19,20)(H,21,22). The number of rotatable bonds is 4. The number of aliphatic carboxylic acids is 1. The van der Waals surface area contributed by atoms with Crippen LogP contribution in [0.1, 0.15) is 16.8 Å². The maximum absolute atomic E-state index is 10.6. The minimum absolute atomic E-state index is 0.796. The fourth-order valence-electron chi connectivity index (χ4n) is 2.10. The number of carbonyl (C=O) groups is 1. The molecule has 0 unspecified atom stereocenters. The normalized spacial score (nSPS) is 11.6.